The monoisotopic (exact) mass is 278 g/mol. The first-order valence-electron chi connectivity index (χ1n) is 8.95. The maximum Gasteiger partial charge on any atom is 0.00967 e. The molecule has 2 nitrogen and oxygen atoms in total. The summed E-state index contributed by atoms with van der Waals surface area (Å²) >= 11 is 0. The van der Waals surface area contributed by atoms with Crippen molar-refractivity contribution in [2.45, 2.75) is 83.7 Å². The number of rotatable bonds is 7. The Morgan fingerprint density at radius 1 is 1.05 bits per heavy atom. The lowest BCUT2D eigenvalue weighted by Gasteiger charge is -2.38. The lowest BCUT2D eigenvalue weighted by atomic mass is 9.84. The number of hydrogen-bond donors (Lipinski definition) is 1. The highest BCUT2D eigenvalue weighted by molar-refractivity contribution is 4.96. The van der Waals surface area contributed by atoms with E-state index in [0.29, 0.717) is 5.41 Å². The zero-order chi connectivity index (χ0) is 14.2. The van der Waals surface area contributed by atoms with Gasteiger partial charge in [0, 0.05) is 31.2 Å². The molecule has 3 saturated carbocycles. The summed E-state index contributed by atoms with van der Waals surface area (Å²) in [6, 6.07) is 0.947. The minimum atomic E-state index is 0.260. The maximum absolute atomic E-state index is 3.81. The van der Waals surface area contributed by atoms with Crippen molar-refractivity contribution in [1.82, 2.24) is 10.2 Å². The molecule has 0 amide bonds. The van der Waals surface area contributed by atoms with Gasteiger partial charge in [-0.2, -0.15) is 0 Å². The van der Waals surface area contributed by atoms with Crippen LogP contribution in [0.2, 0.25) is 0 Å². The molecule has 0 bridgehead atoms. The van der Waals surface area contributed by atoms with Gasteiger partial charge in [0.15, 0.2) is 0 Å². The number of nitrogens with zero attached hydrogens (tertiary/aromatic N) is 1. The van der Waals surface area contributed by atoms with Gasteiger partial charge in [-0.05, 0) is 70.6 Å². The summed E-state index contributed by atoms with van der Waals surface area (Å²) in [6.45, 7) is 10.9. The second-order valence-corrected chi connectivity index (χ2v) is 8.91. The molecule has 0 aromatic carbocycles. The molecule has 116 valence electrons. The van der Waals surface area contributed by atoms with E-state index in [1.165, 1.54) is 71.0 Å². The van der Waals surface area contributed by atoms with Crippen LogP contribution in [-0.4, -0.2) is 36.1 Å². The van der Waals surface area contributed by atoms with Gasteiger partial charge in [-0.3, -0.25) is 4.90 Å². The third kappa shape index (κ3) is 4.21. The summed E-state index contributed by atoms with van der Waals surface area (Å²) in [4.78, 5) is 2.88. The lowest BCUT2D eigenvalue weighted by Crippen LogP contribution is -2.48. The van der Waals surface area contributed by atoms with Crippen molar-refractivity contribution in [3.8, 4) is 0 Å². The van der Waals surface area contributed by atoms with Gasteiger partial charge in [0.2, 0.25) is 0 Å². The standard InChI is InChI=1S/C18H34N2/c1-17(2,3)19-13-18(10-4-5-11-18)14-20(16-8-9-16)12-15-6-7-15/h15-16,19H,4-14H2,1-3H3. The highest BCUT2D eigenvalue weighted by Gasteiger charge is 2.41. The van der Waals surface area contributed by atoms with E-state index in [1.54, 1.807) is 0 Å². The Hall–Kier alpha value is -0.0800. The van der Waals surface area contributed by atoms with Crippen LogP contribution in [-0.2, 0) is 0 Å². The SMILES string of the molecule is CC(C)(C)NCC1(CN(CC2CC2)C2CC2)CCCC1. The Morgan fingerprint density at radius 3 is 2.20 bits per heavy atom. The van der Waals surface area contributed by atoms with Crippen LogP contribution in [0.3, 0.4) is 0 Å². The molecule has 3 aliphatic rings. The van der Waals surface area contributed by atoms with Crippen LogP contribution in [0.1, 0.15) is 72.1 Å². The fourth-order valence-electron chi connectivity index (χ4n) is 3.81. The molecule has 0 aromatic heterocycles. The highest BCUT2D eigenvalue weighted by Crippen LogP contribution is 2.42. The molecule has 0 aromatic rings. The van der Waals surface area contributed by atoms with Crippen molar-refractivity contribution in [2.24, 2.45) is 11.3 Å². The van der Waals surface area contributed by atoms with E-state index in [1.807, 2.05) is 0 Å². The van der Waals surface area contributed by atoms with E-state index >= 15 is 0 Å². The Kier molecular flexibility index (Phi) is 4.16. The Morgan fingerprint density at radius 2 is 1.70 bits per heavy atom. The minimum Gasteiger partial charge on any atom is -0.311 e. The summed E-state index contributed by atoms with van der Waals surface area (Å²) < 4.78 is 0. The molecule has 3 aliphatic carbocycles. The quantitative estimate of drug-likeness (QED) is 0.762. The molecule has 0 saturated heterocycles. The van der Waals surface area contributed by atoms with Crippen molar-refractivity contribution in [3.63, 3.8) is 0 Å². The van der Waals surface area contributed by atoms with Gasteiger partial charge < -0.3 is 5.32 Å². The van der Waals surface area contributed by atoms with Crippen LogP contribution in [0.5, 0.6) is 0 Å². The minimum absolute atomic E-state index is 0.260. The zero-order valence-corrected chi connectivity index (χ0v) is 13.9. The van der Waals surface area contributed by atoms with Gasteiger partial charge in [-0.1, -0.05) is 12.8 Å². The van der Waals surface area contributed by atoms with Crippen LogP contribution < -0.4 is 5.32 Å². The molecule has 0 unspecified atom stereocenters. The smallest absolute Gasteiger partial charge is 0.00967 e. The average molecular weight is 278 g/mol. The van der Waals surface area contributed by atoms with Gasteiger partial charge in [-0.15, -0.1) is 0 Å². The second kappa shape index (κ2) is 5.61. The topological polar surface area (TPSA) is 15.3 Å². The molecule has 3 fully saturated rings. The van der Waals surface area contributed by atoms with Gasteiger partial charge in [0.05, 0.1) is 0 Å². The van der Waals surface area contributed by atoms with Gasteiger partial charge in [0.25, 0.3) is 0 Å². The van der Waals surface area contributed by atoms with Crippen LogP contribution in [0.15, 0.2) is 0 Å². The van der Waals surface area contributed by atoms with Crippen LogP contribution in [0.4, 0.5) is 0 Å². The molecule has 3 rings (SSSR count). The third-order valence-electron chi connectivity index (χ3n) is 5.45. The summed E-state index contributed by atoms with van der Waals surface area (Å²) in [7, 11) is 0. The molecule has 0 heterocycles. The summed E-state index contributed by atoms with van der Waals surface area (Å²) in [6.07, 6.45) is 11.7. The number of hydrogen-bond acceptors (Lipinski definition) is 2. The molecular formula is C18H34N2. The number of nitrogens with one attached hydrogen (secondary N) is 1. The van der Waals surface area contributed by atoms with Crippen molar-refractivity contribution in [2.75, 3.05) is 19.6 Å². The summed E-state index contributed by atoms with van der Waals surface area (Å²) in [5, 5.41) is 3.81. The lowest BCUT2D eigenvalue weighted by molar-refractivity contribution is 0.129. The normalized spacial score (nSPS) is 26.4. The first kappa shape index (κ1) is 14.8. The Bertz CT molecular complexity index is 317. The molecule has 2 heteroatoms. The Balaban J connectivity index is 1.59. The molecule has 0 atom stereocenters. The highest BCUT2D eigenvalue weighted by atomic mass is 15.2. The molecule has 0 aliphatic heterocycles. The summed E-state index contributed by atoms with van der Waals surface area (Å²) in [5.74, 6) is 1.05. The van der Waals surface area contributed by atoms with Gasteiger partial charge >= 0.3 is 0 Å². The van der Waals surface area contributed by atoms with Crippen LogP contribution >= 0.6 is 0 Å². The summed E-state index contributed by atoms with van der Waals surface area (Å²) in [5.41, 5.74) is 0.835. The first-order chi connectivity index (χ1) is 9.46. The van der Waals surface area contributed by atoms with Crippen molar-refractivity contribution in [1.29, 1.82) is 0 Å². The largest absolute Gasteiger partial charge is 0.311 e. The molecular weight excluding hydrogens is 244 g/mol. The van der Waals surface area contributed by atoms with E-state index in [4.69, 9.17) is 0 Å². The van der Waals surface area contributed by atoms with E-state index in [9.17, 15) is 0 Å². The second-order valence-electron chi connectivity index (χ2n) is 8.91. The fraction of sp³-hybridized carbons (Fsp3) is 1.00. The van der Waals surface area contributed by atoms with Crippen molar-refractivity contribution in [3.05, 3.63) is 0 Å². The maximum atomic E-state index is 3.81. The molecule has 0 spiro atoms. The Labute approximate surface area is 125 Å². The molecule has 1 N–H and O–H groups in total. The van der Waals surface area contributed by atoms with Crippen LogP contribution in [0.25, 0.3) is 0 Å². The van der Waals surface area contributed by atoms with E-state index in [-0.39, 0.29) is 5.54 Å². The predicted octanol–water partition coefficient (Wildman–Crippen LogP) is 3.81. The van der Waals surface area contributed by atoms with Crippen molar-refractivity contribution >= 4 is 0 Å². The first-order valence-corrected chi connectivity index (χ1v) is 8.95. The van der Waals surface area contributed by atoms with Crippen LogP contribution in [0, 0.1) is 11.3 Å². The fourth-order valence-corrected chi connectivity index (χ4v) is 3.81. The third-order valence-corrected chi connectivity index (χ3v) is 5.45. The zero-order valence-electron chi connectivity index (χ0n) is 13.9. The van der Waals surface area contributed by atoms with Gasteiger partial charge in [0.1, 0.15) is 0 Å². The van der Waals surface area contributed by atoms with E-state index in [0.717, 1.165) is 12.0 Å². The van der Waals surface area contributed by atoms with E-state index < -0.39 is 0 Å². The van der Waals surface area contributed by atoms with Crippen molar-refractivity contribution < 1.29 is 0 Å². The molecule has 20 heavy (non-hydrogen) atoms. The van der Waals surface area contributed by atoms with E-state index in [2.05, 4.69) is 31.0 Å². The molecule has 0 radical (unpaired) electrons. The predicted molar refractivity (Wildman–Crippen MR) is 86.0 cm³/mol. The average Bonchev–Trinajstić information content (AvgIpc) is 3.26. The van der Waals surface area contributed by atoms with Gasteiger partial charge in [-0.25, -0.2) is 0 Å².